The van der Waals surface area contributed by atoms with Crippen molar-refractivity contribution < 1.29 is 0 Å². The largest absolute Gasteiger partial charge is 0.354 e. The molecule has 0 radical (unpaired) electrons. The summed E-state index contributed by atoms with van der Waals surface area (Å²) in [7, 11) is 0. The van der Waals surface area contributed by atoms with Crippen molar-refractivity contribution in [3.8, 4) is 5.82 Å². The third-order valence-corrected chi connectivity index (χ3v) is 2.87. The Morgan fingerprint density at radius 2 is 2.24 bits per heavy atom. The molecule has 0 aliphatic carbocycles. The van der Waals surface area contributed by atoms with Crippen LogP contribution in [0.15, 0.2) is 23.1 Å². The molecule has 17 heavy (non-hydrogen) atoms. The molecule has 0 fully saturated rings. The molecule has 0 unspecified atom stereocenters. The second-order valence-electron chi connectivity index (χ2n) is 3.64. The topological polar surface area (TPSA) is 55.6 Å². The normalized spacial score (nSPS) is 10.5. The molecule has 6 heteroatoms. The zero-order chi connectivity index (χ0) is 12.3. The minimum atomic E-state index is 0.637. The van der Waals surface area contributed by atoms with Gasteiger partial charge < -0.3 is 5.32 Å². The smallest absolute Gasteiger partial charge is 0.224 e. The number of rotatable bonds is 4. The molecule has 0 amide bonds. The first-order valence-electron chi connectivity index (χ1n) is 5.49. The highest BCUT2D eigenvalue weighted by molar-refractivity contribution is 9.10. The summed E-state index contributed by atoms with van der Waals surface area (Å²) < 4.78 is 2.77. The monoisotopic (exact) mass is 295 g/mol. The van der Waals surface area contributed by atoms with Crippen molar-refractivity contribution in [2.24, 2.45) is 0 Å². The lowest BCUT2D eigenvalue weighted by molar-refractivity contribution is 0.897. The van der Waals surface area contributed by atoms with Gasteiger partial charge in [0, 0.05) is 25.1 Å². The van der Waals surface area contributed by atoms with Crippen LogP contribution in [-0.2, 0) is 0 Å². The summed E-state index contributed by atoms with van der Waals surface area (Å²) in [6.07, 6.45) is 6.42. The summed E-state index contributed by atoms with van der Waals surface area (Å²) in [5, 5.41) is 3.17. The summed E-state index contributed by atoms with van der Waals surface area (Å²) in [5.74, 6) is 2.33. The van der Waals surface area contributed by atoms with Crippen molar-refractivity contribution in [1.29, 1.82) is 0 Å². The molecule has 2 aromatic heterocycles. The molecular weight excluding hydrogens is 282 g/mol. The fourth-order valence-corrected chi connectivity index (χ4v) is 1.83. The molecule has 90 valence electrons. The zero-order valence-electron chi connectivity index (χ0n) is 9.81. The Morgan fingerprint density at radius 1 is 1.41 bits per heavy atom. The van der Waals surface area contributed by atoms with Gasteiger partial charge in [0.05, 0.1) is 4.47 Å². The maximum Gasteiger partial charge on any atom is 0.224 e. The zero-order valence-corrected chi connectivity index (χ0v) is 11.4. The molecule has 0 atom stereocenters. The standard InChI is InChI=1S/C11H14BrN5/c1-3-4-14-11-15-7-9(12)10(16-11)17-6-5-13-8(17)2/h5-7H,3-4H2,1-2H3,(H,14,15,16). The molecule has 1 N–H and O–H groups in total. The number of hydrogen-bond donors (Lipinski definition) is 1. The molecule has 5 nitrogen and oxygen atoms in total. The average molecular weight is 296 g/mol. The van der Waals surface area contributed by atoms with Gasteiger partial charge in [-0.05, 0) is 29.3 Å². The summed E-state index contributed by atoms with van der Waals surface area (Å²) in [6.45, 7) is 4.91. The van der Waals surface area contributed by atoms with E-state index in [-0.39, 0.29) is 0 Å². The van der Waals surface area contributed by atoms with Gasteiger partial charge in [-0.15, -0.1) is 0 Å². The SMILES string of the molecule is CCCNc1ncc(Br)c(-n2ccnc2C)n1. The summed E-state index contributed by atoms with van der Waals surface area (Å²) in [6, 6.07) is 0. The Morgan fingerprint density at radius 3 is 2.88 bits per heavy atom. The lowest BCUT2D eigenvalue weighted by Gasteiger charge is -2.09. The number of aryl methyl sites for hydroxylation is 1. The van der Waals surface area contributed by atoms with E-state index in [2.05, 4.69) is 43.1 Å². The van der Waals surface area contributed by atoms with E-state index in [1.165, 1.54) is 0 Å². The predicted octanol–water partition coefficient (Wildman–Crippen LogP) is 2.56. The molecule has 0 spiro atoms. The number of nitrogens with zero attached hydrogens (tertiary/aromatic N) is 4. The second kappa shape index (κ2) is 5.27. The number of nitrogens with one attached hydrogen (secondary N) is 1. The van der Waals surface area contributed by atoms with Crippen LogP contribution in [-0.4, -0.2) is 26.1 Å². The van der Waals surface area contributed by atoms with Gasteiger partial charge in [-0.1, -0.05) is 6.92 Å². The first-order valence-corrected chi connectivity index (χ1v) is 6.28. The summed E-state index contributed by atoms with van der Waals surface area (Å²) >= 11 is 3.45. The second-order valence-corrected chi connectivity index (χ2v) is 4.49. The van der Waals surface area contributed by atoms with Crippen molar-refractivity contribution in [2.75, 3.05) is 11.9 Å². The number of hydrogen-bond acceptors (Lipinski definition) is 4. The fourth-order valence-electron chi connectivity index (χ4n) is 1.45. The van der Waals surface area contributed by atoms with E-state index in [1.807, 2.05) is 17.7 Å². The average Bonchev–Trinajstić information content (AvgIpc) is 2.74. The van der Waals surface area contributed by atoms with Crippen molar-refractivity contribution in [2.45, 2.75) is 20.3 Å². The van der Waals surface area contributed by atoms with E-state index in [9.17, 15) is 0 Å². The van der Waals surface area contributed by atoms with Crippen LogP contribution < -0.4 is 5.32 Å². The van der Waals surface area contributed by atoms with Gasteiger partial charge in [0.15, 0.2) is 5.82 Å². The molecule has 0 saturated heterocycles. The Bertz CT molecular complexity index is 508. The molecule has 2 rings (SSSR count). The maximum absolute atomic E-state index is 4.47. The van der Waals surface area contributed by atoms with Gasteiger partial charge in [-0.2, -0.15) is 4.98 Å². The van der Waals surface area contributed by atoms with Crippen LogP contribution in [0.2, 0.25) is 0 Å². The highest BCUT2D eigenvalue weighted by Crippen LogP contribution is 2.20. The first-order chi connectivity index (χ1) is 8.22. The van der Waals surface area contributed by atoms with Gasteiger partial charge in [-0.3, -0.25) is 4.57 Å². The third kappa shape index (κ3) is 2.63. The third-order valence-electron chi connectivity index (χ3n) is 2.31. The van der Waals surface area contributed by atoms with Crippen molar-refractivity contribution >= 4 is 21.9 Å². The first kappa shape index (κ1) is 12.0. The van der Waals surface area contributed by atoms with E-state index >= 15 is 0 Å². The van der Waals surface area contributed by atoms with Crippen molar-refractivity contribution in [3.05, 3.63) is 28.9 Å². The number of anilines is 1. The van der Waals surface area contributed by atoms with Crippen LogP contribution in [0.25, 0.3) is 5.82 Å². The summed E-state index contributed by atoms with van der Waals surface area (Å²) in [4.78, 5) is 12.9. The maximum atomic E-state index is 4.47. The fraction of sp³-hybridized carbons (Fsp3) is 0.364. The Kier molecular flexibility index (Phi) is 3.73. The lowest BCUT2D eigenvalue weighted by Crippen LogP contribution is -2.08. The lowest BCUT2D eigenvalue weighted by atomic mass is 10.5. The quantitative estimate of drug-likeness (QED) is 0.942. The number of aromatic nitrogens is 4. The van der Waals surface area contributed by atoms with Crippen LogP contribution in [0, 0.1) is 6.92 Å². The van der Waals surface area contributed by atoms with Crippen molar-refractivity contribution in [3.63, 3.8) is 0 Å². The number of halogens is 1. The molecule has 0 bridgehead atoms. The van der Waals surface area contributed by atoms with Gasteiger partial charge in [-0.25, -0.2) is 9.97 Å². The molecule has 2 heterocycles. The van der Waals surface area contributed by atoms with Crippen LogP contribution in [0.4, 0.5) is 5.95 Å². The van der Waals surface area contributed by atoms with Gasteiger partial charge in [0.2, 0.25) is 5.95 Å². The summed E-state index contributed by atoms with van der Waals surface area (Å²) in [5.41, 5.74) is 0. The van der Waals surface area contributed by atoms with Gasteiger partial charge >= 0.3 is 0 Å². The predicted molar refractivity (Wildman–Crippen MR) is 70.4 cm³/mol. The van der Waals surface area contributed by atoms with E-state index < -0.39 is 0 Å². The minimum absolute atomic E-state index is 0.637. The molecular formula is C11H14BrN5. The van der Waals surface area contributed by atoms with Crippen LogP contribution >= 0.6 is 15.9 Å². The van der Waals surface area contributed by atoms with E-state index in [0.717, 1.165) is 29.1 Å². The van der Waals surface area contributed by atoms with E-state index in [0.29, 0.717) is 5.95 Å². The van der Waals surface area contributed by atoms with Gasteiger partial charge in [0.1, 0.15) is 5.82 Å². The molecule has 0 aromatic carbocycles. The van der Waals surface area contributed by atoms with E-state index in [4.69, 9.17) is 0 Å². The van der Waals surface area contributed by atoms with E-state index in [1.54, 1.807) is 12.4 Å². The molecule has 2 aromatic rings. The van der Waals surface area contributed by atoms with Crippen LogP contribution in [0.1, 0.15) is 19.2 Å². The molecule has 0 saturated carbocycles. The Labute approximate surface area is 108 Å². The highest BCUT2D eigenvalue weighted by atomic mass is 79.9. The Hall–Kier alpha value is -1.43. The van der Waals surface area contributed by atoms with Crippen molar-refractivity contribution in [1.82, 2.24) is 19.5 Å². The number of imidazole rings is 1. The minimum Gasteiger partial charge on any atom is -0.354 e. The van der Waals surface area contributed by atoms with Crippen LogP contribution in [0.5, 0.6) is 0 Å². The molecule has 0 aliphatic heterocycles. The highest BCUT2D eigenvalue weighted by Gasteiger charge is 2.08. The van der Waals surface area contributed by atoms with Crippen LogP contribution in [0.3, 0.4) is 0 Å². The molecule has 0 aliphatic rings. The van der Waals surface area contributed by atoms with Gasteiger partial charge in [0.25, 0.3) is 0 Å². The Balaban J connectivity index is 2.36.